The van der Waals surface area contributed by atoms with E-state index in [1.54, 1.807) is 0 Å². The number of para-hydroxylation sites is 4. The average Bonchev–Trinajstić information content (AvgIpc) is 4.12. The van der Waals surface area contributed by atoms with Gasteiger partial charge in [0.2, 0.25) is 0 Å². The van der Waals surface area contributed by atoms with Gasteiger partial charge in [0.1, 0.15) is 46.7 Å². The minimum atomic E-state index is -0.233. The average molecular weight is 909 g/mol. The van der Waals surface area contributed by atoms with E-state index in [1.165, 1.54) is 11.1 Å². The molecule has 5 aliphatic heterocycles. The van der Waals surface area contributed by atoms with Gasteiger partial charge in [0.05, 0.1) is 49.3 Å². The summed E-state index contributed by atoms with van der Waals surface area (Å²) < 4.78 is 27.5. The minimum Gasteiger partial charge on any atom is -0.490 e. The van der Waals surface area contributed by atoms with E-state index in [9.17, 15) is 0 Å². The van der Waals surface area contributed by atoms with E-state index in [0.717, 1.165) is 84.1 Å². The molecule has 0 amide bonds. The predicted molar refractivity (Wildman–Crippen MR) is 260 cm³/mol. The van der Waals surface area contributed by atoms with E-state index >= 15 is 0 Å². The Morgan fingerprint density at radius 2 is 0.706 bits per heavy atom. The molecule has 13 rings (SSSR count). The lowest BCUT2D eigenvalue weighted by Gasteiger charge is -2.39. The number of nitrogens with one attached hydrogen (secondary N) is 8. The van der Waals surface area contributed by atoms with Crippen LogP contribution >= 0.6 is 0 Å². The Labute approximate surface area is 398 Å². The normalized spacial score (nSPS) is 33.4. The van der Waals surface area contributed by atoms with Crippen LogP contribution in [0.4, 0.5) is 0 Å². The monoisotopic (exact) mass is 908 g/mol. The second kappa shape index (κ2) is 18.3. The Morgan fingerprint density at radius 3 is 1.12 bits per heavy atom. The van der Waals surface area contributed by atoms with Gasteiger partial charge in [0.15, 0.2) is 0 Å². The van der Waals surface area contributed by atoms with Gasteiger partial charge in [0.25, 0.3) is 0 Å². The summed E-state index contributed by atoms with van der Waals surface area (Å²) in [5, 5.41) is 33.2. The molecular formula is C56H60N8O4. The van der Waals surface area contributed by atoms with Gasteiger partial charge >= 0.3 is 0 Å². The van der Waals surface area contributed by atoms with E-state index in [-0.39, 0.29) is 85.2 Å². The molecule has 68 heavy (non-hydrogen) atoms. The summed E-state index contributed by atoms with van der Waals surface area (Å²) in [6.45, 7) is 0. The summed E-state index contributed by atoms with van der Waals surface area (Å²) in [5.41, 5.74) is 4.57. The molecule has 3 saturated heterocycles. The maximum absolute atomic E-state index is 6.99. The molecule has 2 aliphatic carbocycles. The van der Waals surface area contributed by atoms with Gasteiger partial charge in [-0.15, -0.1) is 0 Å². The van der Waals surface area contributed by atoms with Crippen LogP contribution in [-0.4, -0.2) is 36.9 Å². The van der Waals surface area contributed by atoms with E-state index in [2.05, 4.69) is 140 Å². The standard InChI is InChI=1S/C56H60N8O4/c1-5-17-33(18-6-1)65-41-29-13-25-37-45(41)53-57-49(37)62-54-47-39(27-15-31-43(47)67-35-21-9-3-10-22-35)51(59-54)64-56-48-40(28-16-32-44(48)68-36-23-11-4-12-24-36)52(60-56)63-55-46-38(50(58-55)61-53)26-14-30-42(46)66-34-19-7-2-8-20-34/h1-13,16-25,28-29,32,38-39,42-43,46-47,49-64H,14-15,26-27,30-31H2. The fourth-order valence-corrected chi connectivity index (χ4v) is 12.9. The van der Waals surface area contributed by atoms with Gasteiger partial charge in [-0.1, -0.05) is 97.1 Å². The highest BCUT2D eigenvalue weighted by molar-refractivity contribution is 5.50. The van der Waals surface area contributed by atoms with Crippen molar-refractivity contribution < 1.29 is 18.9 Å². The summed E-state index contributed by atoms with van der Waals surface area (Å²) in [5.74, 6) is 5.96. The SMILES string of the molecule is c1ccc(Oc2cccc3c2C2NC3NC3NC(NC4NC(NC5NC(N2)C2CCCC(Oc6ccccc6)C52)c2cccc(Oc5ccccc5)c24)C2CCCC(Oc4ccccc4)C32)cc1. The predicted octanol–water partition coefficient (Wildman–Crippen LogP) is 8.78. The van der Waals surface area contributed by atoms with Crippen LogP contribution in [0, 0.1) is 23.7 Å². The molecule has 7 aliphatic rings. The maximum Gasteiger partial charge on any atom is 0.133 e. The maximum atomic E-state index is 6.99. The largest absolute Gasteiger partial charge is 0.490 e. The van der Waals surface area contributed by atoms with Crippen LogP contribution < -0.4 is 61.5 Å². The molecule has 6 aromatic carbocycles. The van der Waals surface area contributed by atoms with Crippen LogP contribution in [0.25, 0.3) is 0 Å². The number of hydrogen-bond acceptors (Lipinski definition) is 12. The van der Waals surface area contributed by atoms with E-state index < -0.39 is 0 Å². The van der Waals surface area contributed by atoms with Crippen LogP contribution in [0.5, 0.6) is 34.5 Å². The van der Waals surface area contributed by atoms with E-state index in [4.69, 9.17) is 18.9 Å². The van der Waals surface area contributed by atoms with Crippen molar-refractivity contribution in [2.45, 2.75) is 100 Å². The third-order valence-electron chi connectivity index (χ3n) is 15.7. The van der Waals surface area contributed by atoms with E-state index in [0.29, 0.717) is 0 Å². The molecule has 12 heteroatoms. The highest BCUT2D eigenvalue weighted by Crippen LogP contribution is 2.48. The van der Waals surface area contributed by atoms with Gasteiger partial charge in [-0.25, -0.2) is 0 Å². The molecule has 0 spiro atoms. The van der Waals surface area contributed by atoms with Crippen molar-refractivity contribution in [2.24, 2.45) is 23.7 Å². The Kier molecular flexibility index (Phi) is 11.4. The molecule has 348 valence electrons. The molecule has 8 bridgehead atoms. The molecule has 0 aromatic heterocycles. The zero-order chi connectivity index (χ0) is 45.0. The number of rotatable bonds is 8. The molecule has 14 atom stereocenters. The van der Waals surface area contributed by atoms with Gasteiger partial charge in [0, 0.05) is 23.0 Å². The van der Waals surface area contributed by atoms with Crippen molar-refractivity contribution in [3.63, 3.8) is 0 Å². The zero-order valence-corrected chi connectivity index (χ0v) is 38.0. The van der Waals surface area contributed by atoms with Crippen LogP contribution in [0.2, 0.25) is 0 Å². The van der Waals surface area contributed by atoms with Crippen LogP contribution in [0.3, 0.4) is 0 Å². The first-order valence-corrected chi connectivity index (χ1v) is 24.9. The second-order valence-electron chi connectivity index (χ2n) is 19.6. The molecule has 14 unspecified atom stereocenters. The molecule has 0 radical (unpaired) electrons. The Balaban J connectivity index is 0.918. The highest BCUT2D eigenvalue weighted by atomic mass is 16.5. The first kappa shape index (κ1) is 42.3. The molecular weight excluding hydrogens is 849 g/mol. The fraction of sp³-hybridized carbons (Fsp3) is 0.357. The van der Waals surface area contributed by atoms with Gasteiger partial charge in [-0.3, -0.25) is 42.5 Å². The number of hydrogen-bond donors (Lipinski definition) is 8. The Hall–Kier alpha value is -5.80. The lowest BCUT2D eigenvalue weighted by molar-refractivity contribution is 0.0412. The number of ether oxygens (including phenoxy) is 4. The number of fused-ring (bicyclic) bond motifs is 20. The van der Waals surface area contributed by atoms with E-state index in [1.807, 2.05) is 60.7 Å². The first-order valence-electron chi connectivity index (χ1n) is 24.9. The Morgan fingerprint density at radius 1 is 0.324 bits per heavy atom. The summed E-state index contributed by atoms with van der Waals surface area (Å²) >= 11 is 0. The van der Waals surface area contributed by atoms with Crippen LogP contribution in [-0.2, 0) is 0 Å². The van der Waals surface area contributed by atoms with Crippen molar-refractivity contribution in [2.75, 3.05) is 0 Å². The summed E-state index contributed by atoms with van der Waals surface area (Å²) in [6.07, 6.45) is 5.10. The third kappa shape index (κ3) is 8.02. The summed E-state index contributed by atoms with van der Waals surface area (Å²) in [6, 6.07) is 53.9. The molecule has 5 fully saturated rings. The molecule has 12 nitrogen and oxygen atoms in total. The minimum absolute atomic E-state index is 0.00186. The van der Waals surface area contributed by atoms with Crippen molar-refractivity contribution in [3.05, 3.63) is 180 Å². The topological polar surface area (TPSA) is 133 Å². The lowest BCUT2D eigenvalue weighted by atomic mass is 9.76. The third-order valence-corrected chi connectivity index (χ3v) is 15.7. The smallest absolute Gasteiger partial charge is 0.133 e. The molecule has 6 aromatic rings. The summed E-state index contributed by atoms with van der Waals surface area (Å²) in [4.78, 5) is 0. The summed E-state index contributed by atoms with van der Waals surface area (Å²) in [7, 11) is 0. The molecule has 5 heterocycles. The lowest BCUT2D eigenvalue weighted by Crippen LogP contribution is -2.56. The number of benzene rings is 6. The van der Waals surface area contributed by atoms with Gasteiger partial charge < -0.3 is 18.9 Å². The zero-order valence-electron chi connectivity index (χ0n) is 38.0. The van der Waals surface area contributed by atoms with Crippen molar-refractivity contribution in [1.82, 2.24) is 42.5 Å². The van der Waals surface area contributed by atoms with Crippen molar-refractivity contribution >= 4 is 0 Å². The van der Waals surface area contributed by atoms with Crippen LogP contribution in [0.15, 0.2) is 158 Å². The van der Waals surface area contributed by atoms with Crippen LogP contribution in [0.1, 0.15) is 85.4 Å². The first-order chi connectivity index (χ1) is 33.7. The second-order valence-corrected chi connectivity index (χ2v) is 19.6. The highest BCUT2D eigenvalue weighted by Gasteiger charge is 2.55. The quantitative estimate of drug-likeness (QED) is 0.0743. The Bertz CT molecular complexity index is 2500. The van der Waals surface area contributed by atoms with Crippen molar-refractivity contribution in [1.29, 1.82) is 0 Å². The molecule has 2 saturated carbocycles. The molecule has 8 N–H and O–H groups in total. The van der Waals surface area contributed by atoms with Gasteiger partial charge in [-0.05, 0) is 122 Å². The van der Waals surface area contributed by atoms with Gasteiger partial charge in [-0.2, -0.15) is 0 Å². The van der Waals surface area contributed by atoms with Crippen molar-refractivity contribution in [3.8, 4) is 34.5 Å². The fourth-order valence-electron chi connectivity index (χ4n) is 12.9.